The van der Waals surface area contributed by atoms with E-state index in [-0.39, 0.29) is 72.4 Å². The molecule has 0 aliphatic carbocycles. The molecule has 0 aromatic carbocycles. The minimum absolute atomic E-state index is 0. The number of carbonyl (C=O) groups excluding carboxylic acids is 5. The van der Waals surface area contributed by atoms with E-state index in [4.69, 9.17) is 5.11 Å². The first-order valence-corrected chi connectivity index (χ1v) is 17.9. The number of aromatic nitrogens is 4. The number of esters is 5. The normalized spacial score (nSPS) is 9.84. The Labute approximate surface area is 408 Å². The van der Waals surface area contributed by atoms with Crippen LogP contribution in [0.1, 0.15) is 30.8 Å². The third kappa shape index (κ3) is 28.0. The van der Waals surface area contributed by atoms with E-state index in [0.717, 1.165) is 32.5 Å². The fourth-order valence-corrected chi connectivity index (χ4v) is 4.06. The van der Waals surface area contributed by atoms with Crippen LogP contribution in [0.15, 0.2) is 73.3 Å². The van der Waals surface area contributed by atoms with E-state index in [1.54, 1.807) is 0 Å². The molecule has 0 radical (unpaired) electrons. The number of pyridine rings is 4. The number of hydrogen-bond donors (Lipinski definition) is 1. The van der Waals surface area contributed by atoms with Crippen molar-refractivity contribution in [2.45, 2.75) is 51.6 Å². The number of carbonyl (C=O) groups is 6. The molecule has 1 N–H and O–H groups in total. The SMILES string of the molecule is COC(=O)C(C(=O)OC)c1ncccc1OC(F)F.COC(=O)CC(=O)OC.COC(=O)Cc1ncccc1OC(F)F.Fc1ncccc1OC(F)F.O=C(O)Cc1ncccc1OC(F)F.[H-].[Na+]. The molecule has 4 aromatic rings. The number of methoxy groups -OCH3 is 5. The van der Waals surface area contributed by atoms with Crippen molar-refractivity contribution >= 4 is 35.8 Å². The Kier molecular flexibility index (Phi) is 33.5. The Morgan fingerprint density at radius 1 is 0.507 bits per heavy atom. The van der Waals surface area contributed by atoms with Gasteiger partial charge in [-0.05, 0) is 48.5 Å². The Hall–Kier alpha value is -7.01. The van der Waals surface area contributed by atoms with Gasteiger partial charge in [0.2, 0.25) is 0 Å². The standard InChI is InChI=1S/C11H11F2NO5.C9H9F2NO3.C8H7F2NO3.C6H4F3NO.C5H8O4.Na.H/c1-17-9(15)7(10(16)18-2)8-6(19-11(12)13)4-3-5-14-8;1-14-8(13)5-6-7(15-9(10)11)3-2-4-12-6;9-8(10)14-6-2-1-3-11-5(6)4-7(12)13;7-5-4(11-6(8)9)2-1-3-10-5;1-8-4(6)3-5(7)9-2;;/h3-5,7,11H,1-2H3;2-4,9H,5H2,1H3;1-3,8H,4H2,(H,12,13);1-3,6H;3H2,1-2H3;;/q;;;;;+1;-1. The number of nitrogens with zero attached hydrogens (tertiary/aromatic N) is 4. The summed E-state index contributed by atoms with van der Waals surface area (Å²) in [6.07, 6.45) is 4.13. The molecule has 0 amide bonds. The molecule has 0 saturated heterocycles. The van der Waals surface area contributed by atoms with Gasteiger partial charge in [-0.1, -0.05) is 0 Å². The molecule has 0 unspecified atom stereocenters. The van der Waals surface area contributed by atoms with Crippen LogP contribution in [0.3, 0.4) is 0 Å². The molecular formula is C39H40F9N4NaO16. The van der Waals surface area contributed by atoms with Crippen LogP contribution >= 0.6 is 0 Å². The predicted octanol–water partition coefficient (Wildman–Crippen LogP) is 2.48. The maximum atomic E-state index is 12.4. The molecule has 0 aliphatic rings. The van der Waals surface area contributed by atoms with Gasteiger partial charge < -0.3 is 49.2 Å². The molecule has 30 heteroatoms. The molecule has 0 fully saturated rings. The maximum absolute atomic E-state index is 12.4. The number of hydrogen-bond acceptors (Lipinski definition) is 19. The molecule has 0 bridgehead atoms. The predicted molar refractivity (Wildman–Crippen MR) is 207 cm³/mol. The van der Waals surface area contributed by atoms with Crippen LogP contribution in [-0.4, -0.2) is 123 Å². The van der Waals surface area contributed by atoms with Gasteiger partial charge in [-0.3, -0.25) is 43.7 Å². The first-order valence-electron chi connectivity index (χ1n) is 17.9. The molecule has 0 saturated carbocycles. The molecule has 376 valence electrons. The zero-order valence-corrected chi connectivity index (χ0v) is 38.7. The number of alkyl halides is 8. The van der Waals surface area contributed by atoms with Gasteiger partial charge in [-0.2, -0.15) is 39.5 Å². The summed E-state index contributed by atoms with van der Waals surface area (Å²) < 4.78 is 145. The van der Waals surface area contributed by atoms with Crippen LogP contribution in [0.25, 0.3) is 0 Å². The maximum Gasteiger partial charge on any atom is 1.00 e. The van der Waals surface area contributed by atoms with Gasteiger partial charge in [-0.15, -0.1) is 0 Å². The van der Waals surface area contributed by atoms with Crippen LogP contribution in [-0.2, 0) is 65.3 Å². The Morgan fingerprint density at radius 3 is 1.23 bits per heavy atom. The van der Waals surface area contributed by atoms with E-state index >= 15 is 0 Å². The van der Waals surface area contributed by atoms with Crippen molar-refractivity contribution in [2.24, 2.45) is 0 Å². The van der Waals surface area contributed by atoms with E-state index in [9.17, 15) is 68.3 Å². The van der Waals surface area contributed by atoms with E-state index in [0.29, 0.717) is 0 Å². The fourth-order valence-electron chi connectivity index (χ4n) is 4.06. The van der Waals surface area contributed by atoms with Crippen LogP contribution in [0.4, 0.5) is 39.5 Å². The van der Waals surface area contributed by atoms with Crippen LogP contribution in [0, 0.1) is 5.95 Å². The molecule has 4 rings (SSSR count). The van der Waals surface area contributed by atoms with Gasteiger partial charge in [0, 0.05) is 24.8 Å². The summed E-state index contributed by atoms with van der Waals surface area (Å²) in [6, 6.07) is 10.3. The molecule has 4 heterocycles. The molecule has 20 nitrogen and oxygen atoms in total. The molecule has 0 aliphatic heterocycles. The second kappa shape index (κ2) is 36.1. The molecule has 69 heavy (non-hydrogen) atoms. The van der Waals surface area contributed by atoms with Gasteiger partial charge in [0.05, 0.1) is 59.8 Å². The minimum Gasteiger partial charge on any atom is -1.00 e. The summed E-state index contributed by atoms with van der Waals surface area (Å²) in [5.74, 6) is -8.70. The molecule has 0 spiro atoms. The summed E-state index contributed by atoms with van der Waals surface area (Å²) in [5, 5.41) is 8.44. The second-order valence-electron chi connectivity index (χ2n) is 11.2. The van der Waals surface area contributed by atoms with Crippen molar-refractivity contribution in [3.05, 3.63) is 96.3 Å². The quantitative estimate of drug-likeness (QED) is 0.0398. The average Bonchev–Trinajstić information content (AvgIpc) is 3.29. The van der Waals surface area contributed by atoms with E-state index in [1.807, 2.05) is 0 Å². The number of carboxylic acid groups (broad SMARTS) is 1. The zero-order chi connectivity index (χ0) is 51.8. The topological polar surface area (TPSA) is 257 Å². The summed E-state index contributed by atoms with van der Waals surface area (Å²) in [5.41, 5.74) is -0.175. The van der Waals surface area contributed by atoms with E-state index in [1.165, 1.54) is 76.3 Å². The van der Waals surface area contributed by atoms with Crippen molar-refractivity contribution in [3.8, 4) is 23.0 Å². The smallest absolute Gasteiger partial charge is 1.00 e. The molecule has 0 atom stereocenters. The summed E-state index contributed by atoms with van der Waals surface area (Å²) in [4.78, 5) is 79.1. The Morgan fingerprint density at radius 2 is 0.855 bits per heavy atom. The average molecular weight is 1010 g/mol. The number of halogens is 9. The monoisotopic (exact) mass is 1010 g/mol. The number of rotatable bonds is 17. The third-order valence-electron chi connectivity index (χ3n) is 6.84. The minimum atomic E-state index is -3.11. The van der Waals surface area contributed by atoms with Crippen molar-refractivity contribution in [2.75, 3.05) is 35.5 Å². The molecular weight excluding hydrogens is 974 g/mol. The zero-order valence-electron chi connectivity index (χ0n) is 37.7. The van der Waals surface area contributed by atoms with Crippen molar-refractivity contribution in [1.29, 1.82) is 0 Å². The Balaban J connectivity index is -0.000000813. The van der Waals surface area contributed by atoms with Crippen LogP contribution in [0.5, 0.6) is 23.0 Å². The van der Waals surface area contributed by atoms with Crippen molar-refractivity contribution in [1.82, 2.24) is 19.9 Å². The number of ether oxygens (including phenoxy) is 9. The van der Waals surface area contributed by atoms with Crippen molar-refractivity contribution in [3.63, 3.8) is 0 Å². The van der Waals surface area contributed by atoms with Gasteiger partial charge in [0.1, 0.15) is 29.4 Å². The van der Waals surface area contributed by atoms with E-state index < -0.39 is 92.0 Å². The summed E-state index contributed by atoms with van der Waals surface area (Å²) in [6.45, 7) is -12.1. The van der Waals surface area contributed by atoms with Gasteiger partial charge in [0.25, 0.3) is 5.95 Å². The fraction of sp³-hybridized carbons (Fsp3) is 0.333. The summed E-state index contributed by atoms with van der Waals surface area (Å²) in [7, 11) is 5.74. The third-order valence-corrected chi connectivity index (χ3v) is 6.84. The van der Waals surface area contributed by atoms with Gasteiger partial charge in [0.15, 0.2) is 11.7 Å². The van der Waals surface area contributed by atoms with Crippen molar-refractivity contribution < 1.29 is 147 Å². The van der Waals surface area contributed by atoms with Crippen LogP contribution in [0.2, 0.25) is 0 Å². The summed E-state index contributed by atoms with van der Waals surface area (Å²) >= 11 is 0. The first kappa shape index (κ1) is 64.1. The van der Waals surface area contributed by atoms with E-state index in [2.05, 4.69) is 62.6 Å². The first-order chi connectivity index (χ1) is 32.1. The van der Waals surface area contributed by atoms with Crippen LogP contribution < -0.4 is 48.5 Å². The number of carboxylic acids is 1. The number of aliphatic carboxylic acids is 1. The molecule has 4 aromatic heterocycles. The largest absolute Gasteiger partial charge is 1.00 e. The Bertz CT molecular complexity index is 2160. The van der Waals surface area contributed by atoms with Gasteiger partial charge >= 0.3 is 91.8 Å². The second-order valence-corrected chi connectivity index (χ2v) is 11.2. The van der Waals surface area contributed by atoms with Gasteiger partial charge in [-0.25, -0.2) is 4.98 Å².